The molecule has 6 nitrogen and oxygen atoms in total. The van der Waals surface area contributed by atoms with Crippen LogP contribution in [0.25, 0.3) is 5.69 Å². The van der Waals surface area contributed by atoms with Gasteiger partial charge in [-0.3, -0.25) is 4.79 Å². The third-order valence-corrected chi connectivity index (χ3v) is 3.36. The zero-order valence-electron chi connectivity index (χ0n) is 13.7. The Bertz CT molecular complexity index is 679. The number of methoxy groups -OCH3 is 1. The fraction of sp³-hybridized carbons (Fsp3) is 0.438. The molecule has 1 amide bonds. The van der Waals surface area contributed by atoms with Gasteiger partial charge in [-0.25, -0.2) is 0 Å². The number of rotatable bonds is 5. The summed E-state index contributed by atoms with van der Waals surface area (Å²) in [5.74, 6) is -0.238. The highest BCUT2D eigenvalue weighted by Gasteiger charge is 2.18. The van der Waals surface area contributed by atoms with Gasteiger partial charge in [0.05, 0.1) is 18.0 Å². The van der Waals surface area contributed by atoms with Crippen LogP contribution in [-0.2, 0) is 4.74 Å². The van der Waals surface area contributed by atoms with Crippen molar-refractivity contribution in [1.29, 1.82) is 0 Å². The van der Waals surface area contributed by atoms with Crippen LogP contribution >= 0.6 is 0 Å². The minimum atomic E-state index is -0.238. The Morgan fingerprint density at radius 1 is 1.32 bits per heavy atom. The largest absolute Gasteiger partial charge is 0.383 e. The molecule has 0 aliphatic carbocycles. The van der Waals surface area contributed by atoms with E-state index in [-0.39, 0.29) is 11.9 Å². The highest BCUT2D eigenvalue weighted by Crippen LogP contribution is 2.15. The van der Waals surface area contributed by atoms with E-state index in [4.69, 9.17) is 4.74 Å². The predicted octanol–water partition coefficient (Wildman–Crippen LogP) is 1.96. The lowest BCUT2D eigenvalue weighted by Crippen LogP contribution is -2.36. The van der Waals surface area contributed by atoms with Gasteiger partial charge in [0.1, 0.15) is 0 Å². The lowest BCUT2D eigenvalue weighted by atomic mass is 10.1. The van der Waals surface area contributed by atoms with E-state index < -0.39 is 0 Å². The molecule has 1 aromatic carbocycles. The van der Waals surface area contributed by atoms with E-state index in [1.54, 1.807) is 14.0 Å². The summed E-state index contributed by atoms with van der Waals surface area (Å²) in [6.45, 7) is 8.15. The smallest absolute Gasteiger partial charge is 0.274 e. The first-order valence-electron chi connectivity index (χ1n) is 7.23. The molecule has 6 heteroatoms. The number of carbonyl (C=O) groups excluding carboxylic acids is 1. The Hall–Kier alpha value is -2.21. The van der Waals surface area contributed by atoms with Crippen molar-refractivity contribution in [3.63, 3.8) is 0 Å². The van der Waals surface area contributed by atoms with Gasteiger partial charge in [0, 0.05) is 13.2 Å². The van der Waals surface area contributed by atoms with Gasteiger partial charge in [0.15, 0.2) is 5.69 Å². The van der Waals surface area contributed by atoms with E-state index in [0.29, 0.717) is 18.0 Å². The second-order valence-corrected chi connectivity index (χ2v) is 5.54. The number of benzene rings is 1. The second kappa shape index (κ2) is 6.70. The number of hydrogen-bond donors (Lipinski definition) is 1. The van der Waals surface area contributed by atoms with Crippen LogP contribution in [-0.4, -0.2) is 40.7 Å². The van der Waals surface area contributed by atoms with Crippen LogP contribution in [0.1, 0.15) is 34.2 Å². The maximum absolute atomic E-state index is 12.3. The molecule has 0 fully saturated rings. The van der Waals surface area contributed by atoms with Crippen molar-refractivity contribution in [3.8, 4) is 5.69 Å². The minimum Gasteiger partial charge on any atom is -0.383 e. The molecule has 2 rings (SSSR count). The Morgan fingerprint density at radius 2 is 2.05 bits per heavy atom. The van der Waals surface area contributed by atoms with Crippen LogP contribution in [0.3, 0.4) is 0 Å². The maximum Gasteiger partial charge on any atom is 0.274 e. The molecule has 1 aromatic heterocycles. The van der Waals surface area contributed by atoms with Crippen LogP contribution in [0.15, 0.2) is 18.2 Å². The molecule has 0 saturated carbocycles. The standard InChI is InChI=1S/C16H22N4O2/c1-10-6-7-14(11(2)8-10)20-18-13(4)15(19-20)16(21)17-12(3)9-22-5/h6-8,12H,9H2,1-5H3,(H,17,21)/t12-/m0/s1. The van der Waals surface area contributed by atoms with Crippen molar-refractivity contribution in [2.75, 3.05) is 13.7 Å². The highest BCUT2D eigenvalue weighted by molar-refractivity contribution is 5.93. The Morgan fingerprint density at radius 3 is 2.68 bits per heavy atom. The molecule has 0 saturated heterocycles. The van der Waals surface area contributed by atoms with Gasteiger partial charge in [0.2, 0.25) is 0 Å². The number of carbonyl (C=O) groups is 1. The molecule has 0 aliphatic rings. The summed E-state index contributed by atoms with van der Waals surface area (Å²) in [5.41, 5.74) is 4.05. The molecule has 0 unspecified atom stereocenters. The number of nitrogens with zero attached hydrogens (tertiary/aromatic N) is 3. The van der Waals surface area contributed by atoms with E-state index in [9.17, 15) is 4.79 Å². The zero-order chi connectivity index (χ0) is 16.3. The predicted molar refractivity (Wildman–Crippen MR) is 84.4 cm³/mol. The van der Waals surface area contributed by atoms with Gasteiger partial charge < -0.3 is 10.1 Å². The monoisotopic (exact) mass is 302 g/mol. The third kappa shape index (κ3) is 3.51. The molecule has 0 spiro atoms. The molecule has 1 atom stereocenters. The van der Waals surface area contributed by atoms with E-state index in [1.807, 2.05) is 32.9 Å². The summed E-state index contributed by atoms with van der Waals surface area (Å²) >= 11 is 0. The maximum atomic E-state index is 12.3. The summed E-state index contributed by atoms with van der Waals surface area (Å²) < 4.78 is 5.02. The third-order valence-electron chi connectivity index (χ3n) is 3.36. The van der Waals surface area contributed by atoms with Crippen molar-refractivity contribution in [1.82, 2.24) is 20.3 Å². The summed E-state index contributed by atoms with van der Waals surface area (Å²) in [6, 6.07) is 5.94. The zero-order valence-corrected chi connectivity index (χ0v) is 13.7. The number of aryl methyl sites for hydroxylation is 3. The average molecular weight is 302 g/mol. The average Bonchev–Trinajstić information content (AvgIpc) is 2.80. The molecule has 1 heterocycles. The summed E-state index contributed by atoms with van der Waals surface area (Å²) in [6.07, 6.45) is 0. The van der Waals surface area contributed by atoms with Crippen molar-refractivity contribution in [3.05, 3.63) is 40.7 Å². The fourth-order valence-electron chi connectivity index (χ4n) is 2.31. The molecular weight excluding hydrogens is 280 g/mol. The minimum absolute atomic E-state index is 0.0804. The van der Waals surface area contributed by atoms with Crippen LogP contribution in [0.4, 0.5) is 0 Å². The Balaban J connectivity index is 2.26. The number of ether oxygens (including phenoxy) is 1. The van der Waals surface area contributed by atoms with E-state index in [1.165, 1.54) is 10.4 Å². The molecular formula is C16H22N4O2. The first-order chi connectivity index (χ1) is 10.4. The van der Waals surface area contributed by atoms with Gasteiger partial charge in [-0.2, -0.15) is 9.90 Å². The Labute approximate surface area is 130 Å². The summed E-state index contributed by atoms with van der Waals surface area (Å²) in [7, 11) is 1.60. The van der Waals surface area contributed by atoms with E-state index >= 15 is 0 Å². The number of hydrogen-bond acceptors (Lipinski definition) is 4. The molecule has 0 bridgehead atoms. The van der Waals surface area contributed by atoms with Gasteiger partial charge in [-0.1, -0.05) is 17.7 Å². The number of amides is 1. The van der Waals surface area contributed by atoms with Gasteiger partial charge in [-0.15, -0.1) is 5.10 Å². The van der Waals surface area contributed by atoms with Crippen molar-refractivity contribution in [2.45, 2.75) is 33.7 Å². The Kier molecular flexibility index (Phi) is 4.92. The quantitative estimate of drug-likeness (QED) is 0.916. The lowest BCUT2D eigenvalue weighted by molar-refractivity contribution is 0.0899. The van der Waals surface area contributed by atoms with Gasteiger partial charge in [-0.05, 0) is 39.3 Å². The van der Waals surface area contributed by atoms with Crippen molar-refractivity contribution in [2.24, 2.45) is 0 Å². The van der Waals surface area contributed by atoms with Crippen LogP contribution in [0.2, 0.25) is 0 Å². The SMILES string of the molecule is COC[C@H](C)NC(=O)c1nn(-c2ccc(C)cc2C)nc1C. The van der Waals surface area contributed by atoms with E-state index in [2.05, 4.69) is 21.6 Å². The number of aromatic nitrogens is 3. The molecule has 2 aromatic rings. The van der Waals surface area contributed by atoms with Crippen molar-refractivity contribution >= 4 is 5.91 Å². The molecule has 22 heavy (non-hydrogen) atoms. The molecule has 0 aliphatic heterocycles. The van der Waals surface area contributed by atoms with Crippen LogP contribution < -0.4 is 5.32 Å². The van der Waals surface area contributed by atoms with Gasteiger partial charge >= 0.3 is 0 Å². The molecule has 1 N–H and O–H groups in total. The lowest BCUT2D eigenvalue weighted by Gasteiger charge is -2.11. The van der Waals surface area contributed by atoms with Crippen LogP contribution in [0, 0.1) is 20.8 Å². The van der Waals surface area contributed by atoms with Gasteiger partial charge in [0.25, 0.3) is 5.91 Å². The first-order valence-corrected chi connectivity index (χ1v) is 7.23. The summed E-state index contributed by atoms with van der Waals surface area (Å²) in [4.78, 5) is 13.8. The second-order valence-electron chi connectivity index (χ2n) is 5.54. The van der Waals surface area contributed by atoms with E-state index in [0.717, 1.165) is 11.3 Å². The first kappa shape index (κ1) is 16.2. The molecule has 0 radical (unpaired) electrons. The van der Waals surface area contributed by atoms with Crippen molar-refractivity contribution < 1.29 is 9.53 Å². The topological polar surface area (TPSA) is 69.0 Å². The fourth-order valence-corrected chi connectivity index (χ4v) is 2.31. The number of nitrogens with one attached hydrogen (secondary N) is 1. The highest BCUT2D eigenvalue weighted by atomic mass is 16.5. The summed E-state index contributed by atoms with van der Waals surface area (Å²) in [5, 5.41) is 11.5. The van der Waals surface area contributed by atoms with Crippen LogP contribution in [0.5, 0.6) is 0 Å². The molecule has 118 valence electrons. The normalized spacial score (nSPS) is 12.2.